The zero-order chi connectivity index (χ0) is 19.5. The minimum absolute atomic E-state index is 0.0984. The number of ether oxygens (including phenoxy) is 1. The zero-order valence-corrected chi connectivity index (χ0v) is 16.2. The van der Waals surface area contributed by atoms with E-state index < -0.39 is 6.09 Å². The molecule has 3 atom stereocenters. The molecule has 0 spiro atoms. The van der Waals surface area contributed by atoms with Gasteiger partial charge < -0.3 is 4.74 Å². The van der Waals surface area contributed by atoms with Crippen molar-refractivity contribution >= 4 is 12.0 Å². The first-order chi connectivity index (χ1) is 13.7. The minimum Gasteiger partial charge on any atom is -0.446 e. The maximum atomic E-state index is 13.4. The van der Waals surface area contributed by atoms with E-state index in [-0.39, 0.29) is 30.4 Å². The quantitative estimate of drug-likeness (QED) is 0.793. The van der Waals surface area contributed by atoms with E-state index in [4.69, 9.17) is 4.74 Å². The van der Waals surface area contributed by atoms with Crippen LogP contribution in [0.1, 0.15) is 30.5 Å². The van der Waals surface area contributed by atoms with Crippen LogP contribution in [0.4, 0.5) is 4.79 Å². The molecule has 2 aromatic rings. The van der Waals surface area contributed by atoms with Crippen LogP contribution < -0.4 is 0 Å². The molecule has 2 aliphatic rings. The van der Waals surface area contributed by atoms with Gasteiger partial charge in [-0.05, 0) is 17.0 Å². The molecule has 2 amide bonds. The number of cyclic esters (lactones) is 1. The Balaban J connectivity index is 1.51. The van der Waals surface area contributed by atoms with Gasteiger partial charge >= 0.3 is 6.09 Å². The molecule has 146 valence electrons. The topological polar surface area (TPSA) is 49.9 Å². The van der Waals surface area contributed by atoms with E-state index in [2.05, 4.69) is 24.0 Å². The van der Waals surface area contributed by atoms with E-state index in [0.29, 0.717) is 6.54 Å². The molecule has 0 aromatic heterocycles. The molecule has 2 aromatic carbocycles. The molecule has 5 heteroatoms. The van der Waals surface area contributed by atoms with Crippen LogP contribution in [0, 0.1) is 11.8 Å². The third kappa shape index (κ3) is 3.67. The number of nitrogens with zero attached hydrogens (tertiary/aromatic N) is 2. The molecule has 0 unspecified atom stereocenters. The number of rotatable bonds is 5. The second-order valence-electron chi connectivity index (χ2n) is 7.67. The van der Waals surface area contributed by atoms with Crippen LogP contribution in [-0.4, -0.2) is 41.5 Å². The molecule has 0 radical (unpaired) electrons. The maximum absolute atomic E-state index is 13.4. The van der Waals surface area contributed by atoms with E-state index in [0.717, 1.165) is 25.1 Å². The van der Waals surface area contributed by atoms with Gasteiger partial charge in [-0.3, -0.25) is 9.69 Å². The predicted octanol–water partition coefficient (Wildman–Crippen LogP) is 3.86. The Morgan fingerprint density at radius 3 is 2.39 bits per heavy atom. The van der Waals surface area contributed by atoms with Crippen molar-refractivity contribution in [1.29, 1.82) is 0 Å². The summed E-state index contributed by atoms with van der Waals surface area (Å²) in [6, 6.07) is 19.6. The molecule has 28 heavy (non-hydrogen) atoms. The fourth-order valence-electron chi connectivity index (χ4n) is 4.39. The Morgan fingerprint density at radius 1 is 1.04 bits per heavy atom. The smallest absolute Gasteiger partial charge is 0.417 e. The van der Waals surface area contributed by atoms with Gasteiger partial charge in [-0.1, -0.05) is 74.0 Å². The lowest BCUT2D eigenvalue weighted by Gasteiger charge is -2.25. The van der Waals surface area contributed by atoms with Gasteiger partial charge in [0.1, 0.15) is 12.6 Å². The first-order valence-corrected chi connectivity index (χ1v) is 9.98. The normalized spacial score (nSPS) is 25.1. The fourth-order valence-corrected chi connectivity index (χ4v) is 4.39. The van der Waals surface area contributed by atoms with Crippen molar-refractivity contribution in [3.63, 3.8) is 0 Å². The van der Waals surface area contributed by atoms with Gasteiger partial charge in [-0.15, -0.1) is 0 Å². The van der Waals surface area contributed by atoms with Gasteiger partial charge in [0.25, 0.3) is 0 Å². The van der Waals surface area contributed by atoms with Crippen molar-refractivity contribution in [1.82, 2.24) is 9.80 Å². The lowest BCUT2D eigenvalue weighted by molar-refractivity contribution is -0.134. The lowest BCUT2D eigenvalue weighted by atomic mass is 9.91. The van der Waals surface area contributed by atoms with E-state index >= 15 is 0 Å². The molecule has 2 fully saturated rings. The highest BCUT2D eigenvalue weighted by Crippen LogP contribution is 2.34. The molecule has 2 heterocycles. The largest absolute Gasteiger partial charge is 0.446 e. The molecule has 5 nitrogen and oxygen atoms in total. The van der Waals surface area contributed by atoms with E-state index in [1.54, 1.807) is 0 Å². The Bertz CT molecular complexity index is 824. The predicted molar refractivity (Wildman–Crippen MR) is 106 cm³/mol. The second-order valence-corrected chi connectivity index (χ2v) is 7.67. The minimum atomic E-state index is -0.518. The molecule has 2 aliphatic heterocycles. The van der Waals surface area contributed by atoms with Crippen LogP contribution >= 0.6 is 0 Å². The van der Waals surface area contributed by atoms with Gasteiger partial charge in [0.2, 0.25) is 5.91 Å². The van der Waals surface area contributed by atoms with Crippen LogP contribution in [0.15, 0.2) is 60.7 Å². The lowest BCUT2D eigenvalue weighted by Crippen LogP contribution is -2.41. The number of carbonyl (C=O) groups is 2. The molecule has 0 saturated carbocycles. The monoisotopic (exact) mass is 378 g/mol. The van der Waals surface area contributed by atoms with Crippen molar-refractivity contribution in [2.75, 3.05) is 19.7 Å². The number of likely N-dealkylation sites (tertiary alicyclic amines) is 1. The summed E-state index contributed by atoms with van der Waals surface area (Å²) in [6.45, 7) is 4.73. The Labute approximate surface area is 165 Å². The second kappa shape index (κ2) is 8.15. The Morgan fingerprint density at radius 2 is 1.71 bits per heavy atom. The highest BCUT2D eigenvalue weighted by molar-refractivity contribution is 5.95. The fraction of sp³-hybridized carbons (Fsp3) is 0.391. The van der Waals surface area contributed by atoms with E-state index in [9.17, 15) is 9.59 Å². The molecule has 0 N–H and O–H groups in total. The average Bonchev–Trinajstić information content (AvgIpc) is 3.32. The van der Waals surface area contributed by atoms with Gasteiger partial charge in [0.15, 0.2) is 0 Å². The third-order valence-electron chi connectivity index (χ3n) is 5.90. The van der Waals surface area contributed by atoms with Crippen molar-refractivity contribution < 1.29 is 14.3 Å². The third-order valence-corrected chi connectivity index (χ3v) is 5.90. The van der Waals surface area contributed by atoms with Gasteiger partial charge in [-0.2, -0.15) is 0 Å². The van der Waals surface area contributed by atoms with Crippen molar-refractivity contribution in [2.45, 2.75) is 25.9 Å². The molecular formula is C23H26N2O3. The van der Waals surface area contributed by atoms with Crippen molar-refractivity contribution in [3.05, 3.63) is 71.8 Å². The highest BCUT2D eigenvalue weighted by Gasteiger charge is 2.46. The van der Waals surface area contributed by atoms with Gasteiger partial charge in [-0.25, -0.2) is 9.69 Å². The summed E-state index contributed by atoms with van der Waals surface area (Å²) in [5.74, 6) is -0.0228. The summed E-state index contributed by atoms with van der Waals surface area (Å²) in [6.07, 6.45) is 0.399. The summed E-state index contributed by atoms with van der Waals surface area (Å²) in [5.41, 5.74) is 2.18. The number of hydrogen-bond acceptors (Lipinski definition) is 4. The first kappa shape index (κ1) is 18.7. The van der Waals surface area contributed by atoms with Crippen LogP contribution in [-0.2, 0) is 16.1 Å². The molecule has 2 saturated heterocycles. The molecular weight excluding hydrogens is 352 g/mol. The van der Waals surface area contributed by atoms with Crippen LogP contribution in [0.25, 0.3) is 0 Å². The maximum Gasteiger partial charge on any atom is 0.417 e. The zero-order valence-electron chi connectivity index (χ0n) is 16.2. The number of hydrogen-bond donors (Lipinski definition) is 0. The SMILES string of the molecule is CC[C@@H]1CN(Cc2ccccc2)C[C@H]1C(=O)N1C(=O)OC[C@@H]1c1ccccc1. The summed E-state index contributed by atoms with van der Waals surface area (Å²) >= 11 is 0. The Hall–Kier alpha value is -2.66. The molecule has 4 rings (SSSR count). The van der Waals surface area contributed by atoms with Gasteiger partial charge in [0, 0.05) is 19.6 Å². The number of benzene rings is 2. The number of carbonyl (C=O) groups excluding carboxylic acids is 2. The van der Waals surface area contributed by atoms with Crippen LogP contribution in [0.2, 0.25) is 0 Å². The summed E-state index contributed by atoms with van der Waals surface area (Å²) in [5, 5.41) is 0. The van der Waals surface area contributed by atoms with Crippen LogP contribution in [0.5, 0.6) is 0 Å². The summed E-state index contributed by atoms with van der Waals surface area (Å²) in [7, 11) is 0. The van der Waals surface area contributed by atoms with E-state index in [1.165, 1.54) is 10.5 Å². The van der Waals surface area contributed by atoms with Crippen LogP contribution in [0.3, 0.4) is 0 Å². The summed E-state index contributed by atoms with van der Waals surface area (Å²) < 4.78 is 5.26. The Kier molecular flexibility index (Phi) is 5.44. The van der Waals surface area contributed by atoms with E-state index in [1.807, 2.05) is 48.5 Å². The number of imide groups is 1. The molecule has 0 aliphatic carbocycles. The standard InChI is InChI=1S/C23H26N2O3/c1-2-18-14-24(13-17-9-5-3-6-10-17)15-20(18)22(26)25-21(16-28-23(25)27)19-11-7-4-8-12-19/h3-12,18,20-21H,2,13-16H2,1H3/t18-,20-,21-/m1/s1. The molecule has 0 bridgehead atoms. The van der Waals surface area contributed by atoms with Crippen molar-refractivity contribution in [3.8, 4) is 0 Å². The highest BCUT2D eigenvalue weighted by atomic mass is 16.6. The average molecular weight is 378 g/mol. The number of amides is 2. The first-order valence-electron chi connectivity index (χ1n) is 9.98. The van der Waals surface area contributed by atoms with Gasteiger partial charge in [0.05, 0.1) is 5.92 Å². The van der Waals surface area contributed by atoms with Crippen molar-refractivity contribution in [2.24, 2.45) is 11.8 Å². The summed E-state index contributed by atoms with van der Waals surface area (Å²) in [4.78, 5) is 29.5.